The summed E-state index contributed by atoms with van der Waals surface area (Å²) >= 11 is 3.33. The van der Waals surface area contributed by atoms with Gasteiger partial charge in [0.05, 0.1) is 17.8 Å². The Hall–Kier alpha value is -2.01. The summed E-state index contributed by atoms with van der Waals surface area (Å²) in [6.45, 7) is 0. The highest BCUT2D eigenvalue weighted by atomic mass is 79.9. The van der Waals surface area contributed by atoms with E-state index >= 15 is 0 Å². The summed E-state index contributed by atoms with van der Waals surface area (Å²) in [6, 6.07) is 12.1. The lowest BCUT2D eigenvalue weighted by Crippen LogP contribution is -2.28. The van der Waals surface area contributed by atoms with Crippen LogP contribution in [0.4, 0.5) is 11.4 Å². The second kappa shape index (κ2) is 5.96. The quantitative estimate of drug-likeness (QED) is 0.848. The van der Waals surface area contributed by atoms with E-state index in [4.69, 9.17) is 5.73 Å². The Kier molecular flexibility index (Phi) is 4.29. The van der Waals surface area contributed by atoms with Crippen molar-refractivity contribution in [1.82, 2.24) is 0 Å². The Bertz CT molecular complexity index is 644. The van der Waals surface area contributed by atoms with Crippen LogP contribution in [0.5, 0.6) is 5.75 Å². The van der Waals surface area contributed by atoms with Crippen LogP contribution in [0.2, 0.25) is 0 Å². The molecule has 0 bridgehead atoms. The van der Waals surface area contributed by atoms with E-state index in [2.05, 4.69) is 15.9 Å². The molecule has 0 aliphatic rings. The maximum Gasteiger partial charge on any atom is 0.231 e. The van der Waals surface area contributed by atoms with Crippen molar-refractivity contribution in [2.45, 2.75) is 6.42 Å². The molecule has 0 saturated carbocycles. The third kappa shape index (κ3) is 3.30. The topological polar surface area (TPSA) is 66.6 Å². The summed E-state index contributed by atoms with van der Waals surface area (Å²) in [5, 5.41) is 9.41. The van der Waals surface area contributed by atoms with Gasteiger partial charge >= 0.3 is 0 Å². The first-order chi connectivity index (χ1) is 9.47. The normalized spacial score (nSPS) is 10.3. The maximum atomic E-state index is 12.2. The lowest BCUT2D eigenvalue weighted by Gasteiger charge is -2.19. The molecule has 0 fully saturated rings. The number of nitrogens with zero attached hydrogens (tertiary/aromatic N) is 1. The number of nitrogens with two attached hydrogens (primary N) is 1. The number of carbonyl (C=O) groups is 1. The first-order valence-electron chi connectivity index (χ1n) is 6.07. The fourth-order valence-electron chi connectivity index (χ4n) is 1.92. The zero-order valence-electron chi connectivity index (χ0n) is 11.0. The second-order valence-electron chi connectivity index (χ2n) is 4.50. The van der Waals surface area contributed by atoms with E-state index in [1.54, 1.807) is 43.4 Å². The highest BCUT2D eigenvalue weighted by Crippen LogP contribution is 2.26. The van der Waals surface area contributed by atoms with E-state index in [1.807, 2.05) is 6.07 Å². The van der Waals surface area contributed by atoms with Gasteiger partial charge in [0.15, 0.2) is 0 Å². The molecule has 0 heterocycles. The standard InChI is InChI=1S/C15H15BrN2O2/c1-18(14-6-5-11(16)9-13(14)17)15(20)8-10-3-2-4-12(19)7-10/h2-7,9,19H,8,17H2,1H3. The number of aromatic hydroxyl groups is 1. The van der Waals surface area contributed by atoms with E-state index in [9.17, 15) is 9.90 Å². The fourth-order valence-corrected chi connectivity index (χ4v) is 2.30. The van der Waals surface area contributed by atoms with Crippen LogP contribution in [0.1, 0.15) is 5.56 Å². The predicted molar refractivity (Wildman–Crippen MR) is 83.8 cm³/mol. The van der Waals surface area contributed by atoms with Gasteiger partial charge in [-0.25, -0.2) is 0 Å². The highest BCUT2D eigenvalue weighted by Gasteiger charge is 2.14. The van der Waals surface area contributed by atoms with Gasteiger partial charge in [-0.05, 0) is 35.9 Å². The average Bonchev–Trinajstić information content (AvgIpc) is 2.38. The van der Waals surface area contributed by atoms with E-state index in [-0.39, 0.29) is 18.1 Å². The van der Waals surface area contributed by atoms with Crippen LogP contribution in [0.3, 0.4) is 0 Å². The molecule has 4 nitrogen and oxygen atoms in total. The average molecular weight is 335 g/mol. The lowest BCUT2D eigenvalue weighted by atomic mass is 10.1. The molecule has 0 atom stereocenters. The number of phenolic OH excluding ortho intramolecular Hbond substituents is 1. The largest absolute Gasteiger partial charge is 0.508 e. The van der Waals surface area contributed by atoms with Crippen molar-refractivity contribution in [1.29, 1.82) is 0 Å². The molecule has 0 aromatic heterocycles. The van der Waals surface area contributed by atoms with E-state index in [1.165, 1.54) is 4.90 Å². The van der Waals surface area contributed by atoms with Gasteiger partial charge < -0.3 is 15.7 Å². The van der Waals surface area contributed by atoms with Crippen molar-refractivity contribution in [3.05, 3.63) is 52.5 Å². The van der Waals surface area contributed by atoms with Crippen molar-refractivity contribution >= 4 is 33.2 Å². The molecule has 0 saturated heterocycles. The molecule has 2 rings (SSSR count). The monoisotopic (exact) mass is 334 g/mol. The summed E-state index contributed by atoms with van der Waals surface area (Å²) < 4.78 is 0.868. The summed E-state index contributed by atoms with van der Waals surface area (Å²) in [7, 11) is 1.69. The van der Waals surface area contributed by atoms with Crippen LogP contribution in [-0.2, 0) is 11.2 Å². The van der Waals surface area contributed by atoms with Gasteiger partial charge in [0, 0.05) is 11.5 Å². The molecular formula is C15H15BrN2O2. The fraction of sp³-hybridized carbons (Fsp3) is 0.133. The molecule has 20 heavy (non-hydrogen) atoms. The Balaban J connectivity index is 2.16. The van der Waals surface area contributed by atoms with Crippen LogP contribution in [-0.4, -0.2) is 18.1 Å². The van der Waals surface area contributed by atoms with E-state index in [0.717, 1.165) is 10.0 Å². The lowest BCUT2D eigenvalue weighted by molar-refractivity contribution is -0.117. The number of likely N-dealkylation sites (N-methyl/N-ethyl adjacent to an activating group) is 1. The zero-order chi connectivity index (χ0) is 14.7. The summed E-state index contributed by atoms with van der Waals surface area (Å²) in [5.74, 6) is 0.0609. The Morgan fingerprint density at radius 3 is 2.70 bits per heavy atom. The number of halogens is 1. The molecule has 5 heteroatoms. The minimum Gasteiger partial charge on any atom is -0.508 e. The molecule has 3 N–H and O–H groups in total. The number of benzene rings is 2. The van der Waals surface area contributed by atoms with Gasteiger partial charge in [-0.15, -0.1) is 0 Å². The maximum absolute atomic E-state index is 12.2. The van der Waals surface area contributed by atoms with E-state index < -0.39 is 0 Å². The van der Waals surface area contributed by atoms with Crippen LogP contribution in [0.15, 0.2) is 46.9 Å². The summed E-state index contributed by atoms with van der Waals surface area (Å²) in [4.78, 5) is 13.8. The summed E-state index contributed by atoms with van der Waals surface area (Å²) in [6.07, 6.45) is 0.209. The second-order valence-corrected chi connectivity index (χ2v) is 5.42. The van der Waals surface area contributed by atoms with Crippen LogP contribution >= 0.6 is 15.9 Å². The minimum absolute atomic E-state index is 0.0929. The molecule has 2 aromatic carbocycles. The Labute approximate surface area is 126 Å². The van der Waals surface area contributed by atoms with Crippen molar-refractivity contribution in [2.24, 2.45) is 0 Å². The number of nitrogen functional groups attached to an aromatic ring is 1. The number of anilines is 2. The number of amides is 1. The van der Waals surface area contributed by atoms with Gasteiger partial charge in [-0.2, -0.15) is 0 Å². The van der Waals surface area contributed by atoms with Crippen molar-refractivity contribution < 1.29 is 9.90 Å². The molecule has 0 spiro atoms. The molecule has 0 radical (unpaired) electrons. The SMILES string of the molecule is CN(C(=O)Cc1cccc(O)c1)c1ccc(Br)cc1N. The third-order valence-electron chi connectivity index (χ3n) is 2.99. The Morgan fingerprint density at radius 1 is 1.30 bits per heavy atom. The number of hydrogen-bond acceptors (Lipinski definition) is 3. The number of carbonyl (C=O) groups excluding carboxylic acids is 1. The van der Waals surface area contributed by atoms with Crippen LogP contribution in [0, 0.1) is 0 Å². The van der Waals surface area contributed by atoms with E-state index in [0.29, 0.717) is 11.4 Å². The number of hydrogen-bond donors (Lipinski definition) is 2. The number of phenols is 1. The molecule has 0 aliphatic heterocycles. The molecule has 0 aliphatic carbocycles. The molecule has 0 unspecified atom stereocenters. The zero-order valence-corrected chi connectivity index (χ0v) is 12.6. The first kappa shape index (κ1) is 14.4. The van der Waals surface area contributed by atoms with Crippen molar-refractivity contribution in [3.63, 3.8) is 0 Å². The van der Waals surface area contributed by atoms with Gasteiger partial charge in [0.25, 0.3) is 0 Å². The van der Waals surface area contributed by atoms with Gasteiger partial charge in [-0.3, -0.25) is 4.79 Å². The predicted octanol–water partition coefficient (Wildman–Crippen LogP) is 2.94. The Morgan fingerprint density at radius 2 is 2.05 bits per heavy atom. The smallest absolute Gasteiger partial charge is 0.231 e. The third-order valence-corrected chi connectivity index (χ3v) is 3.48. The van der Waals surface area contributed by atoms with Gasteiger partial charge in [-0.1, -0.05) is 28.1 Å². The van der Waals surface area contributed by atoms with Crippen LogP contribution < -0.4 is 10.6 Å². The minimum atomic E-state index is -0.0929. The van der Waals surface area contributed by atoms with Gasteiger partial charge in [0.1, 0.15) is 5.75 Å². The summed E-state index contributed by atoms with van der Waals surface area (Å²) in [5.41, 5.74) is 7.87. The molecular weight excluding hydrogens is 320 g/mol. The highest BCUT2D eigenvalue weighted by molar-refractivity contribution is 9.10. The molecule has 1 amide bonds. The van der Waals surface area contributed by atoms with Crippen molar-refractivity contribution in [2.75, 3.05) is 17.7 Å². The molecule has 104 valence electrons. The first-order valence-corrected chi connectivity index (χ1v) is 6.86. The van der Waals surface area contributed by atoms with Crippen molar-refractivity contribution in [3.8, 4) is 5.75 Å². The number of rotatable bonds is 3. The molecule has 2 aromatic rings. The van der Waals surface area contributed by atoms with Gasteiger partial charge in [0.2, 0.25) is 5.91 Å². The van der Waals surface area contributed by atoms with Crippen LogP contribution in [0.25, 0.3) is 0 Å².